The van der Waals surface area contributed by atoms with Gasteiger partial charge in [-0.05, 0) is 42.0 Å². The molecule has 0 bridgehead atoms. The molecule has 0 saturated carbocycles. The number of amides is 1. The molecule has 1 heterocycles. The maximum atomic E-state index is 12.5. The summed E-state index contributed by atoms with van der Waals surface area (Å²) in [6, 6.07) is 23.2. The molecule has 3 aromatic carbocycles. The predicted molar refractivity (Wildman–Crippen MR) is 126 cm³/mol. The molecule has 1 saturated heterocycles. The highest BCUT2D eigenvalue weighted by molar-refractivity contribution is 6.33. The van der Waals surface area contributed by atoms with Crippen LogP contribution < -0.4 is 15.0 Å². The fraction of sp³-hybridized carbons (Fsp3) is 0.240. The summed E-state index contributed by atoms with van der Waals surface area (Å²) >= 11 is 6.13. The Labute approximate surface area is 188 Å². The van der Waals surface area contributed by atoms with Gasteiger partial charge >= 0.3 is 0 Å². The highest BCUT2D eigenvalue weighted by Gasteiger charge is 2.19. The number of nitrogens with zero attached hydrogens (tertiary/aromatic N) is 2. The summed E-state index contributed by atoms with van der Waals surface area (Å²) in [5.74, 6) is 0.756. The van der Waals surface area contributed by atoms with Crippen LogP contribution in [-0.2, 0) is 6.54 Å². The second-order valence-corrected chi connectivity index (χ2v) is 7.97. The topological polar surface area (TPSA) is 44.8 Å². The number of carbonyl (C=O) groups is 1. The number of halogens is 1. The van der Waals surface area contributed by atoms with E-state index < -0.39 is 0 Å². The van der Waals surface area contributed by atoms with E-state index in [9.17, 15) is 4.79 Å². The van der Waals surface area contributed by atoms with Crippen molar-refractivity contribution in [3.8, 4) is 5.75 Å². The molecule has 0 unspecified atom stereocenters. The molecule has 160 valence electrons. The predicted octanol–water partition coefficient (Wildman–Crippen LogP) is 4.92. The van der Waals surface area contributed by atoms with Crippen LogP contribution in [0.25, 0.3) is 0 Å². The molecule has 0 spiro atoms. The smallest absolute Gasteiger partial charge is 0.255 e. The zero-order valence-corrected chi connectivity index (χ0v) is 18.3. The van der Waals surface area contributed by atoms with Crippen LogP contribution in [-0.4, -0.2) is 44.1 Å². The van der Waals surface area contributed by atoms with Crippen LogP contribution in [0.5, 0.6) is 5.75 Å². The highest BCUT2D eigenvalue weighted by Crippen LogP contribution is 2.28. The van der Waals surface area contributed by atoms with E-state index in [0.29, 0.717) is 16.3 Å². The number of piperazine rings is 1. The first-order valence-corrected chi connectivity index (χ1v) is 10.8. The van der Waals surface area contributed by atoms with Crippen LogP contribution in [0.2, 0.25) is 5.02 Å². The minimum Gasteiger partial charge on any atom is -0.495 e. The zero-order chi connectivity index (χ0) is 21.6. The van der Waals surface area contributed by atoms with Gasteiger partial charge in [-0.3, -0.25) is 9.69 Å². The Morgan fingerprint density at radius 3 is 2.32 bits per heavy atom. The number of ether oxygens (including phenoxy) is 1. The second-order valence-electron chi connectivity index (χ2n) is 7.57. The fourth-order valence-electron chi connectivity index (χ4n) is 3.81. The minimum absolute atomic E-state index is 0.162. The van der Waals surface area contributed by atoms with Crippen molar-refractivity contribution < 1.29 is 9.53 Å². The molecule has 1 amide bonds. The van der Waals surface area contributed by atoms with Gasteiger partial charge in [-0.25, -0.2) is 0 Å². The van der Waals surface area contributed by atoms with Crippen molar-refractivity contribution in [3.05, 3.63) is 88.9 Å². The molecule has 0 atom stereocenters. The van der Waals surface area contributed by atoms with E-state index in [-0.39, 0.29) is 5.91 Å². The van der Waals surface area contributed by atoms with Crippen LogP contribution >= 0.6 is 11.6 Å². The molecule has 6 heteroatoms. The third kappa shape index (κ3) is 5.19. The first-order chi connectivity index (χ1) is 15.1. The van der Waals surface area contributed by atoms with Crippen LogP contribution in [0.15, 0.2) is 72.8 Å². The van der Waals surface area contributed by atoms with E-state index >= 15 is 0 Å². The van der Waals surface area contributed by atoms with Crippen molar-refractivity contribution in [1.29, 1.82) is 0 Å². The maximum Gasteiger partial charge on any atom is 0.255 e. The van der Waals surface area contributed by atoms with Gasteiger partial charge in [0.15, 0.2) is 0 Å². The summed E-state index contributed by atoms with van der Waals surface area (Å²) in [5.41, 5.74) is 3.58. The van der Waals surface area contributed by atoms with Crippen molar-refractivity contribution in [2.75, 3.05) is 43.5 Å². The summed E-state index contributed by atoms with van der Waals surface area (Å²) in [4.78, 5) is 17.3. The van der Waals surface area contributed by atoms with E-state index in [1.165, 1.54) is 5.56 Å². The fourth-order valence-corrected chi connectivity index (χ4v) is 4.00. The Morgan fingerprint density at radius 1 is 0.935 bits per heavy atom. The molecule has 1 N–H and O–H groups in total. The molecule has 1 aliphatic rings. The third-order valence-corrected chi connectivity index (χ3v) is 5.87. The molecule has 31 heavy (non-hydrogen) atoms. The molecule has 0 aliphatic carbocycles. The Kier molecular flexibility index (Phi) is 6.75. The van der Waals surface area contributed by atoms with Crippen molar-refractivity contribution in [3.63, 3.8) is 0 Å². The van der Waals surface area contributed by atoms with Gasteiger partial charge in [0.05, 0.1) is 23.5 Å². The maximum absolute atomic E-state index is 12.5. The largest absolute Gasteiger partial charge is 0.495 e. The van der Waals surface area contributed by atoms with E-state index in [2.05, 4.69) is 21.2 Å². The summed E-state index contributed by atoms with van der Waals surface area (Å²) < 4.78 is 5.50. The molecule has 0 radical (unpaired) electrons. The molecular formula is C25H26ClN3O2. The summed E-state index contributed by atoms with van der Waals surface area (Å²) in [6.45, 7) is 4.74. The number of rotatable bonds is 6. The number of benzene rings is 3. The van der Waals surface area contributed by atoms with Gasteiger partial charge in [-0.2, -0.15) is 0 Å². The molecular weight excluding hydrogens is 410 g/mol. The second kappa shape index (κ2) is 9.86. The lowest BCUT2D eigenvalue weighted by Crippen LogP contribution is -2.46. The number of hydrogen-bond donors (Lipinski definition) is 1. The Morgan fingerprint density at radius 2 is 1.61 bits per heavy atom. The van der Waals surface area contributed by atoms with Gasteiger partial charge in [0.1, 0.15) is 5.75 Å². The molecule has 3 aromatic rings. The Balaban J connectivity index is 1.32. The molecule has 4 rings (SSSR count). The van der Waals surface area contributed by atoms with E-state index in [1.807, 2.05) is 54.6 Å². The minimum atomic E-state index is -0.162. The number of anilines is 2. The van der Waals surface area contributed by atoms with E-state index in [1.54, 1.807) is 19.2 Å². The lowest BCUT2D eigenvalue weighted by Gasteiger charge is -2.36. The lowest BCUT2D eigenvalue weighted by atomic mass is 10.1. The SMILES string of the molecule is COc1ccccc1N1CCN(Cc2ccc(C(=O)Nc3ccccc3Cl)cc2)CC1. The van der Waals surface area contributed by atoms with Crippen molar-refractivity contribution in [2.24, 2.45) is 0 Å². The molecule has 5 nitrogen and oxygen atoms in total. The molecule has 1 fully saturated rings. The van der Waals surface area contributed by atoms with Gasteiger partial charge in [-0.1, -0.05) is 48.0 Å². The number of nitrogens with one attached hydrogen (secondary N) is 1. The van der Waals surface area contributed by atoms with E-state index in [4.69, 9.17) is 16.3 Å². The Bertz CT molecular complexity index is 1030. The standard InChI is InChI=1S/C25H26ClN3O2/c1-31-24-9-5-4-8-23(24)29-16-14-28(15-17-29)18-19-10-12-20(13-11-19)25(30)27-22-7-3-2-6-21(22)26/h2-13H,14-18H2,1H3,(H,27,30). The molecule has 0 aromatic heterocycles. The first kappa shape index (κ1) is 21.2. The van der Waals surface area contributed by atoms with Gasteiger partial charge in [0.25, 0.3) is 5.91 Å². The average Bonchev–Trinajstić information content (AvgIpc) is 2.81. The van der Waals surface area contributed by atoms with Crippen LogP contribution in [0, 0.1) is 0 Å². The zero-order valence-electron chi connectivity index (χ0n) is 17.6. The normalized spacial score (nSPS) is 14.3. The monoisotopic (exact) mass is 435 g/mol. The van der Waals surface area contributed by atoms with Crippen molar-refractivity contribution in [2.45, 2.75) is 6.54 Å². The molecule has 1 aliphatic heterocycles. The number of methoxy groups -OCH3 is 1. The number of para-hydroxylation sites is 3. The van der Waals surface area contributed by atoms with Gasteiger partial charge < -0.3 is 15.0 Å². The first-order valence-electron chi connectivity index (χ1n) is 10.4. The summed E-state index contributed by atoms with van der Waals surface area (Å²) in [7, 11) is 1.72. The number of carbonyl (C=O) groups excluding carboxylic acids is 1. The average molecular weight is 436 g/mol. The van der Waals surface area contributed by atoms with Gasteiger partial charge in [0, 0.05) is 38.3 Å². The number of hydrogen-bond acceptors (Lipinski definition) is 4. The Hall–Kier alpha value is -3.02. The quantitative estimate of drug-likeness (QED) is 0.596. The van der Waals surface area contributed by atoms with Crippen molar-refractivity contribution in [1.82, 2.24) is 4.90 Å². The van der Waals surface area contributed by atoms with E-state index in [0.717, 1.165) is 44.2 Å². The highest BCUT2D eigenvalue weighted by atomic mass is 35.5. The van der Waals surface area contributed by atoms with Gasteiger partial charge in [-0.15, -0.1) is 0 Å². The van der Waals surface area contributed by atoms with Crippen LogP contribution in [0.4, 0.5) is 11.4 Å². The summed E-state index contributed by atoms with van der Waals surface area (Å²) in [5, 5.41) is 3.39. The third-order valence-electron chi connectivity index (χ3n) is 5.54. The van der Waals surface area contributed by atoms with Crippen LogP contribution in [0.1, 0.15) is 15.9 Å². The summed E-state index contributed by atoms with van der Waals surface area (Å²) in [6.07, 6.45) is 0. The lowest BCUT2D eigenvalue weighted by molar-refractivity contribution is 0.102. The van der Waals surface area contributed by atoms with Gasteiger partial charge in [0.2, 0.25) is 0 Å². The van der Waals surface area contributed by atoms with Crippen LogP contribution in [0.3, 0.4) is 0 Å². The van der Waals surface area contributed by atoms with Crippen molar-refractivity contribution >= 4 is 28.9 Å².